The second kappa shape index (κ2) is 9.23. The molecule has 1 heterocycles. The molecular weight excluding hydrogens is 314 g/mol. The van der Waals surface area contributed by atoms with Gasteiger partial charge in [-0.25, -0.2) is 0 Å². The van der Waals surface area contributed by atoms with Crippen LogP contribution in [0.1, 0.15) is 31.4 Å². The molecule has 1 aromatic carbocycles. The first-order valence-corrected chi connectivity index (χ1v) is 8.53. The minimum absolute atomic E-state index is 0.0441. The lowest BCUT2D eigenvalue weighted by atomic mass is 10.0. The Balaban J connectivity index is 2.00. The van der Waals surface area contributed by atoms with Gasteiger partial charge in [0.2, 0.25) is 5.91 Å². The third kappa shape index (κ3) is 6.11. The van der Waals surface area contributed by atoms with Gasteiger partial charge >= 0.3 is 0 Å². The van der Waals surface area contributed by atoms with E-state index in [0.717, 1.165) is 31.9 Å². The third-order valence-electron chi connectivity index (χ3n) is 4.04. The van der Waals surface area contributed by atoms with Crippen molar-refractivity contribution in [3.63, 3.8) is 0 Å². The van der Waals surface area contributed by atoms with Crippen LogP contribution in [-0.2, 0) is 9.53 Å². The quantitative estimate of drug-likeness (QED) is 0.797. The summed E-state index contributed by atoms with van der Waals surface area (Å²) < 4.78 is 5.43. The van der Waals surface area contributed by atoms with Gasteiger partial charge in [0.1, 0.15) is 0 Å². The fraction of sp³-hybridized carbons (Fsp3) is 0.588. The summed E-state index contributed by atoms with van der Waals surface area (Å²) in [5.74, 6) is 0.0441. The summed E-state index contributed by atoms with van der Waals surface area (Å²) in [6, 6.07) is 7.99. The molecule has 1 amide bonds. The van der Waals surface area contributed by atoms with Gasteiger partial charge < -0.3 is 15.8 Å². The Labute approximate surface area is 143 Å². The van der Waals surface area contributed by atoms with Gasteiger partial charge in [0, 0.05) is 37.1 Å². The van der Waals surface area contributed by atoms with Crippen LogP contribution in [0.5, 0.6) is 0 Å². The molecule has 5 nitrogen and oxygen atoms in total. The van der Waals surface area contributed by atoms with Gasteiger partial charge in [-0.05, 0) is 31.0 Å². The number of nitrogens with two attached hydrogens (primary N) is 1. The predicted octanol–water partition coefficient (Wildman–Crippen LogP) is 1.96. The maximum absolute atomic E-state index is 12.0. The molecule has 6 heteroatoms. The van der Waals surface area contributed by atoms with Crippen LogP contribution in [0, 0.1) is 0 Å². The number of ether oxygens (including phenoxy) is 1. The summed E-state index contributed by atoms with van der Waals surface area (Å²) in [6.07, 6.45) is 1.16. The zero-order chi connectivity index (χ0) is 16.7. The van der Waals surface area contributed by atoms with Gasteiger partial charge in [0.15, 0.2) is 0 Å². The SMILES string of the molecule is CC(N)CCC(=O)NCC(c1cccc(Cl)c1)N1CCOCC1. The maximum Gasteiger partial charge on any atom is 0.220 e. The lowest BCUT2D eigenvalue weighted by Gasteiger charge is -2.35. The van der Waals surface area contributed by atoms with Gasteiger partial charge in [0.05, 0.1) is 19.3 Å². The molecule has 0 radical (unpaired) electrons. The Kier molecular flexibility index (Phi) is 7.30. The van der Waals surface area contributed by atoms with Crippen LogP contribution in [0.25, 0.3) is 0 Å². The Morgan fingerprint density at radius 3 is 2.83 bits per heavy atom. The number of nitrogens with zero attached hydrogens (tertiary/aromatic N) is 1. The summed E-state index contributed by atoms with van der Waals surface area (Å²) in [4.78, 5) is 14.3. The molecule has 2 rings (SSSR count). The Morgan fingerprint density at radius 1 is 1.43 bits per heavy atom. The summed E-state index contributed by atoms with van der Waals surface area (Å²) in [5.41, 5.74) is 6.82. The normalized spacial score (nSPS) is 18.4. The van der Waals surface area contributed by atoms with E-state index in [1.54, 1.807) is 0 Å². The second-order valence-corrected chi connectivity index (χ2v) is 6.48. The monoisotopic (exact) mass is 339 g/mol. The van der Waals surface area contributed by atoms with Crippen LogP contribution >= 0.6 is 11.6 Å². The highest BCUT2D eigenvalue weighted by Gasteiger charge is 2.23. The standard InChI is InChI=1S/C17H26ClN3O2/c1-13(19)5-6-17(22)20-12-16(21-7-9-23-10-8-21)14-3-2-4-15(18)11-14/h2-4,11,13,16H,5-10,12,19H2,1H3,(H,20,22). The van der Waals surface area contributed by atoms with E-state index in [1.165, 1.54) is 0 Å². The highest BCUT2D eigenvalue weighted by atomic mass is 35.5. The first-order chi connectivity index (χ1) is 11.1. The van der Waals surface area contributed by atoms with E-state index in [-0.39, 0.29) is 18.0 Å². The summed E-state index contributed by atoms with van der Waals surface area (Å²) in [6.45, 7) is 5.62. The van der Waals surface area contributed by atoms with Crippen molar-refractivity contribution in [1.82, 2.24) is 10.2 Å². The highest BCUT2D eigenvalue weighted by molar-refractivity contribution is 6.30. The third-order valence-corrected chi connectivity index (χ3v) is 4.27. The molecular formula is C17H26ClN3O2. The number of morpholine rings is 1. The smallest absolute Gasteiger partial charge is 0.220 e. The van der Waals surface area contributed by atoms with Crippen molar-refractivity contribution in [3.05, 3.63) is 34.9 Å². The van der Waals surface area contributed by atoms with Crippen molar-refractivity contribution in [2.45, 2.75) is 31.8 Å². The maximum atomic E-state index is 12.0. The van der Waals surface area contributed by atoms with Crippen molar-refractivity contribution < 1.29 is 9.53 Å². The van der Waals surface area contributed by atoms with E-state index in [1.807, 2.05) is 25.1 Å². The van der Waals surface area contributed by atoms with E-state index < -0.39 is 0 Å². The van der Waals surface area contributed by atoms with E-state index >= 15 is 0 Å². The number of halogens is 1. The second-order valence-electron chi connectivity index (χ2n) is 6.04. The van der Waals surface area contributed by atoms with Gasteiger partial charge in [0.25, 0.3) is 0 Å². The number of benzene rings is 1. The Morgan fingerprint density at radius 2 is 2.17 bits per heavy atom. The number of hydrogen-bond acceptors (Lipinski definition) is 4. The number of carbonyl (C=O) groups excluding carboxylic acids is 1. The van der Waals surface area contributed by atoms with Gasteiger partial charge in [-0.3, -0.25) is 9.69 Å². The number of amides is 1. The average Bonchev–Trinajstić information content (AvgIpc) is 2.54. The van der Waals surface area contributed by atoms with Crippen molar-refractivity contribution in [2.24, 2.45) is 5.73 Å². The summed E-state index contributed by atoms with van der Waals surface area (Å²) >= 11 is 6.13. The van der Waals surface area contributed by atoms with Crippen LogP contribution < -0.4 is 11.1 Å². The topological polar surface area (TPSA) is 67.6 Å². The number of hydrogen-bond donors (Lipinski definition) is 2. The summed E-state index contributed by atoms with van der Waals surface area (Å²) in [5, 5.41) is 3.75. The van der Waals surface area contributed by atoms with Gasteiger partial charge in [-0.1, -0.05) is 23.7 Å². The predicted molar refractivity (Wildman–Crippen MR) is 92.5 cm³/mol. The van der Waals surface area contributed by atoms with Crippen molar-refractivity contribution >= 4 is 17.5 Å². The Bertz CT molecular complexity index is 504. The molecule has 128 valence electrons. The lowest BCUT2D eigenvalue weighted by molar-refractivity contribution is -0.121. The molecule has 0 aromatic heterocycles. The van der Waals surface area contributed by atoms with Crippen LogP contribution in [0.4, 0.5) is 0 Å². The van der Waals surface area contributed by atoms with Crippen molar-refractivity contribution in [3.8, 4) is 0 Å². The van der Waals surface area contributed by atoms with Crippen LogP contribution in [-0.4, -0.2) is 49.7 Å². The molecule has 0 spiro atoms. The Hall–Kier alpha value is -1.14. The molecule has 0 aliphatic carbocycles. The fourth-order valence-corrected chi connectivity index (χ4v) is 2.92. The minimum atomic E-state index is 0.0441. The number of rotatable bonds is 7. The fourth-order valence-electron chi connectivity index (χ4n) is 2.72. The van der Waals surface area contributed by atoms with Crippen molar-refractivity contribution in [2.75, 3.05) is 32.8 Å². The summed E-state index contributed by atoms with van der Waals surface area (Å²) in [7, 11) is 0. The van der Waals surface area contributed by atoms with E-state index in [2.05, 4.69) is 16.3 Å². The number of nitrogens with one attached hydrogen (secondary N) is 1. The van der Waals surface area contributed by atoms with Gasteiger partial charge in [-0.15, -0.1) is 0 Å². The van der Waals surface area contributed by atoms with Crippen LogP contribution in [0.2, 0.25) is 5.02 Å². The number of carbonyl (C=O) groups is 1. The molecule has 2 unspecified atom stereocenters. The highest BCUT2D eigenvalue weighted by Crippen LogP contribution is 2.24. The molecule has 23 heavy (non-hydrogen) atoms. The molecule has 1 aromatic rings. The molecule has 2 atom stereocenters. The zero-order valence-electron chi connectivity index (χ0n) is 13.6. The largest absolute Gasteiger partial charge is 0.379 e. The first-order valence-electron chi connectivity index (χ1n) is 8.16. The van der Waals surface area contributed by atoms with E-state index in [9.17, 15) is 4.79 Å². The molecule has 1 saturated heterocycles. The molecule has 0 saturated carbocycles. The molecule has 1 aliphatic rings. The van der Waals surface area contributed by atoms with E-state index in [4.69, 9.17) is 22.1 Å². The average molecular weight is 340 g/mol. The van der Waals surface area contributed by atoms with Crippen LogP contribution in [0.3, 0.4) is 0 Å². The van der Waals surface area contributed by atoms with Crippen LogP contribution in [0.15, 0.2) is 24.3 Å². The molecule has 1 fully saturated rings. The molecule has 0 bridgehead atoms. The first kappa shape index (κ1) is 18.2. The lowest BCUT2D eigenvalue weighted by Crippen LogP contribution is -2.43. The van der Waals surface area contributed by atoms with E-state index in [0.29, 0.717) is 24.4 Å². The minimum Gasteiger partial charge on any atom is -0.379 e. The molecule has 3 N–H and O–H groups in total. The zero-order valence-corrected chi connectivity index (χ0v) is 14.4. The van der Waals surface area contributed by atoms with Gasteiger partial charge in [-0.2, -0.15) is 0 Å². The molecule has 1 aliphatic heterocycles. The van der Waals surface area contributed by atoms with Crippen molar-refractivity contribution in [1.29, 1.82) is 0 Å².